The van der Waals surface area contributed by atoms with Crippen LogP contribution in [0, 0.1) is 0 Å². The van der Waals surface area contributed by atoms with Crippen molar-refractivity contribution in [3.8, 4) is 0 Å². The normalized spacial score (nSPS) is 15.4. The minimum atomic E-state index is -0.651. The van der Waals surface area contributed by atoms with E-state index in [1.54, 1.807) is 11.0 Å². The molecule has 18 heavy (non-hydrogen) atoms. The van der Waals surface area contributed by atoms with Gasteiger partial charge in [0, 0.05) is 11.4 Å². The molecule has 0 aliphatic carbocycles. The molecule has 0 bridgehead atoms. The van der Waals surface area contributed by atoms with Gasteiger partial charge in [-0.1, -0.05) is 0 Å². The Morgan fingerprint density at radius 1 is 1.22 bits per heavy atom. The number of rotatable bonds is 2. The molecule has 2 rings (SSSR count). The first-order valence-corrected chi connectivity index (χ1v) is 5.24. The number of nitrogens with two attached hydrogens (primary N) is 2. The van der Waals surface area contributed by atoms with Gasteiger partial charge in [-0.3, -0.25) is 19.7 Å². The zero-order valence-electron chi connectivity index (χ0n) is 9.47. The van der Waals surface area contributed by atoms with Gasteiger partial charge in [0.25, 0.3) is 5.91 Å². The molecule has 0 unspecified atom stereocenters. The predicted octanol–water partition coefficient (Wildman–Crippen LogP) is -1.17. The molecule has 1 aliphatic rings. The van der Waals surface area contributed by atoms with Gasteiger partial charge < -0.3 is 16.4 Å². The highest BCUT2D eigenvalue weighted by molar-refractivity contribution is 6.03. The second kappa shape index (κ2) is 4.36. The number of amides is 3. The van der Waals surface area contributed by atoms with E-state index >= 15 is 0 Å². The lowest BCUT2D eigenvalue weighted by Crippen LogP contribution is -2.51. The van der Waals surface area contributed by atoms with Crippen molar-refractivity contribution in [2.24, 2.45) is 5.73 Å². The van der Waals surface area contributed by atoms with Crippen LogP contribution in [0.3, 0.4) is 0 Å². The molecule has 1 aromatic rings. The maximum Gasteiger partial charge on any atom is 0.250 e. The molecule has 0 spiro atoms. The molecule has 7 heteroatoms. The summed E-state index contributed by atoms with van der Waals surface area (Å²) in [5, 5.41) is 2.19. The Bertz CT molecular complexity index is 525. The quantitative estimate of drug-likeness (QED) is 0.450. The summed E-state index contributed by atoms with van der Waals surface area (Å²) in [5.74, 6) is -1.42. The average Bonchev–Trinajstić information content (AvgIpc) is 2.27. The number of hydrogen-bond acceptors (Lipinski definition) is 5. The predicted molar refractivity (Wildman–Crippen MR) is 64.7 cm³/mol. The number of benzene rings is 1. The standard InChI is InChI=1S/C11H12N4O3/c12-8-2-1-6(3-7(8)11(13)18)15-4-9(16)14-10(17)5-15/h1-3H,4-5,12H2,(H2,13,18)(H,14,16,17). The van der Waals surface area contributed by atoms with Crippen LogP contribution in [0.2, 0.25) is 0 Å². The monoisotopic (exact) mass is 248 g/mol. The summed E-state index contributed by atoms with van der Waals surface area (Å²) in [7, 11) is 0. The molecule has 0 atom stereocenters. The van der Waals surface area contributed by atoms with Gasteiger partial charge in [0.1, 0.15) is 0 Å². The van der Waals surface area contributed by atoms with Crippen LogP contribution in [0.15, 0.2) is 18.2 Å². The highest BCUT2D eigenvalue weighted by Crippen LogP contribution is 2.21. The third-order valence-electron chi connectivity index (χ3n) is 2.62. The van der Waals surface area contributed by atoms with Crippen LogP contribution in [0.5, 0.6) is 0 Å². The summed E-state index contributed by atoms with van der Waals surface area (Å²) in [4.78, 5) is 35.2. The number of hydrogen-bond donors (Lipinski definition) is 3. The fourth-order valence-electron chi connectivity index (χ4n) is 1.77. The number of nitrogen functional groups attached to an aromatic ring is 1. The Kier molecular flexibility index (Phi) is 2.88. The first-order chi connectivity index (χ1) is 8.47. The summed E-state index contributed by atoms with van der Waals surface area (Å²) >= 11 is 0. The molecule has 3 amide bonds. The largest absolute Gasteiger partial charge is 0.398 e. The fourth-order valence-corrected chi connectivity index (χ4v) is 1.77. The molecule has 7 nitrogen and oxygen atoms in total. The maximum absolute atomic E-state index is 11.3. The van der Waals surface area contributed by atoms with Crippen molar-refractivity contribution >= 4 is 29.1 Å². The number of nitrogens with zero attached hydrogens (tertiary/aromatic N) is 1. The van der Waals surface area contributed by atoms with Crippen LogP contribution in [0.1, 0.15) is 10.4 Å². The van der Waals surface area contributed by atoms with Crippen molar-refractivity contribution in [1.82, 2.24) is 5.32 Å². The van der Waals surface area contributed by atoms with E-state index in [-0.39, 0.29) is 36.2 Å². The first kappa shape index (κ1) is 11.9. The number of anilines is 2. The molecular formula is C11H12N4O3. The van der Waals surface area contributed by atoms with Crippen LogP contribution < -0.4 is 21.7 Å². The molecule has 0 radical (unpaired) electrons. The third-order valence-corrected chi connectivity index (χ3v) is 2.62. The lowest BCUT2D eigenvalue weighted by Gasteiger charge is -2.27. The van der Waals surface area contributed by atoms with Crippen LogP contribution in [0.25, 0.3) is 0 Å². The first-order valence-electron chi connectivity index (χ1n) is 5.24. The lowest BCUT2D eigenvalue weighted by molar-refractivity contribution is -0.130. The number of carbonyl (C=O) groups is 3. The van der Waals surface area contributed by atoms with Crippen molar-refractivity contribution in [2.75, 3.05) is 23.7 Å². The van der Waals surface area contributed by atoms with Gasteiger partial charge in [-0.2, -0.15) is 0 Å². The second-order valence-electron chi connectivity index (χ2n) is 3.96. The third kappa shape index (κ3) is 2.24. The minimum absolute atomic E-state index is 0.0495. The summed E-state index contributed by atoms with van der Waals surface area (Å²) in [5.41, 5.74) is 11.8. The van der Waals surface area contributed by atoms with Crippen LogP contribution in [-0.2, 0) is 9.59 Å². The van der Waals surface area contributed by atoms with Crippen molar-refractivity contribution < 1.29 is 14.4 Å². The molecule has 1 heterocycles. The Balaban J connectivity index is 2.33. The number of primary amides is 1. The van der Waals surface area contributed by atoms with E-state index in [0.717, 1.165) is 0 Å². The number of piperazine rings is 1. The van der Waals surface area contributed by atoms with Gasteiger partial charge in [-0.05, 0) is 18.2 Å². The Morgan fingerprint density at radius 2 is 1.83 bits per heavy atom. The summed E-state index contributed by atoms with van der Waals surface area (Å²) in [6.45, 7) is 0.0989. The van der Waals surface area contributed by atoms with Gasteiger partial charge in [-0.25, -0.2) is 0 Å². The van der Waals surface area contributed by atoms with E-state index in [2.05, 4.69) is 5.32 Å². The van der Waals surface area contributed by atoms with Gasteiger partial charge >= 0.3 is 0 Å². The molecule has 1 fully saturated rings. The maximum atomic E-state index is 11.3. The number of carbonyl (C=O) groups excluding carboxylic acids is 3. The minimum Gasteiger partial charge on any atom is -0.398 e. The van der Waals surface area contributed by atoms with E-state index in [0.29, 0.717) is 5.69 Å². The average molecular weight is 248 g/mol. The smallest absolute Gasteiger partial charge is 0.250 e. The van der Waals surface area contributed by atoms with Crippen molar-refractivity contribution in [1.29, 1.82) is 0 Å². The van der Waals surface area contributed by atoms with Crippen LogP contribution >= 0.6 is 0 Å². The zero-order valence-corrected chi connectivity index (χ0v) is 9.47. The van der Waals surface area contributed by atoms with Crippen LogP contribution in [0.4, 0.5) is 11.4 Å². The molecular weight excluding hydrogens is 236 g/mol. The van der Waals surface area contributed by atoms with Gasteiger partial charge in [0.2, 0.25) is 11.8 Å². The fraction of sp³-hybridized carbons (Fsp3) is 0.182. The van der Waals surface area contributed by atoms with Crippen molar-refractivity contribution in [3.05, 3.63) is 23.8 Å². The molecule has 1 aliphatic heterocycles. The Morgan fingerprint density at radius 3 is 2.39 bits per heavy atom. The summed E-state index contributed by atoms with van der Waals surface area (Å²) < 4.78 is 0. The second-order valence-corrected chi connectivity index (χ2v) is 3.96. The summed E-state index contributed by atoms with van der Waals surface area (Å²) in [6, 6.07) is 4.63. The summed E-state index contributed by atoms with van der Waals surface area (Å²) in [6.07, 6.45) is 0. The van der Waals surface area contributed by atoms with Crippen LogP contribution in [-0.4, -0.2) is 30.8 Å². The molecule has 1 aromatic carbocycles. The zero-order chi connectivity index (χ0) is 13.3. The molecule has 94 valence electrons. The SMILES string of the molecule is NC(=O)c1cc(N2CC(=O)NC(=O)C2)ccc1N. The lowest BCUT2D eigenvalue weighted by atomic mass is 10.1. The highest BCUT2D eigenvalue weighted by atomic mass is 16.2. The van der Waals surface area contributed by atoms with Crippen molar-refractivity contribution in [2.45, 2.75) is 0 Å². The number of imide groups is 1. The Hall–Kier alpha value is -2.57. The number of nitrogens with one attached hydrogen (secondary N) is 1. The van der Waals surface area contributed by atoms with E-state index in [1.165, 1.54) is 12.1 Å². The topological polar surface area (TPSA) is 119 Å². The van der Waals surface area contributed by atoms with Gasteiger partial charge in [-0.15, -0.1) is 0 Å². The van der Waals surface area contributed by atoms with E-state index in [4.69, 9.17) is 11.5 Å². The molecule has 0 aromatic heterocycles. The van der Waals surface area contributed by atoms with E-state index in [9.17, 15) is 14.4 Å². The molecule has 5 N–H and O–H groups in total. The Labute approximate surface area is 103 Å². The molecule has 1 saturated heterocycles. The van der Waals surface area contributed by atoms with E-state index in [1.807, 2.05) is 0 Å². The van der Waals surface area contributed by atoms with Crippen molar-refractivity contribution in [3.63, 3.8) is 0 Å². The van der Waals surface area contributed by atoms with Gasteiger partial charge in [0.15, 0.2) is 0 Å². The van der Waals surface area contributed by atoms with E-state index < -0.39 is 5.91 Å². The van der Waals surface area contributed by atoms with Gasteiger partial charge in [0.05, 0.1) is 18.7 Å². The highest BCUT2D eigenvalue weighted by Gasteiger charge is 2.23. The molecule has 0 saturated carbocycles.